The largest absolute Gasteiger partial charge is 0.485 e. The van der Waals surface area contributed by atoms with Crippen LogP contribution in [-0.4, -0.2) is 6.10 Å². The zero-order valence-electron chi connectivity index (χ0n) is 27.3. The van der Waals surface area contributed by atoms with Crippen LogP contribution in [0, 0.1) is 35.5 Å². The summed E-state index contributed by atoms with van der Waals surface area (Å²) < 4.78 is 6.77. The second-order valence-electron chi connectivity index (χ2n) is 15.0. The van der Waals surface area contributed by atoms with Crippen LogP contribution in [-0.2, 0) is 4.74 Å². The van der Waals surface area contributed by atoms with Crippen LogP contribution in [0.15, 0.2) is 177 Å². The second-order valence-corrected chi connectivity index (χ2v) is 15.0. The Balaban J connectivity index is 1.15. The van der Waals surface area contributed by atoms with Crippen molar-refractivity contribution in [3.8, 4) is 0 Å². The predicted octanol–water partition coefficient (Wildman–Crippen LogP) is 11.1. The van der Waals surface area contributed by atoms with Gasteiger partial charge in [0.1, 0.15) is 11.9 Å². The maximum Gasteiger partial charge on any atom is 0.127 e. The van der Waals surface area contributed by atoms with E-state index in [1.54, 1.807) is 39.0 Å². The van der Waals surface area contributed by atoms with Crippen molar-refractivity contribution < 1.29 is 4.74 Å². The zero-order valence-corrected chi connectivity index (χ0v) is 27.3. The molecule has 1 heteroatoms. The molecule has 10 rings (SSSR count). The highest BCUT2D eigenvalue weighted by Gasteiger charge is 2.49. The lowest BCUT2D eigenvalue weighted by molar-refractivity contribution is 0.173. The summed E-state index contributed by atoms with van der Waals surface area (Å²) in [7, 11) is 0. The van der Waals surface area contributed by atoms with Crippen LogP contribution in [0.4, 0.5) is 0 Å². The molecule has 0 aromatic carbocycles. The molecule has 1 heterocycles. The highest BCUT2D eigenvalue weighted by molar-refractivity contribution is 5.67. The molecule has 0 aromatic rings. The van der Waals surface area contributed by atoms with E-state index in [1.807, 2.05) is 0 Å². The van der Waals surface area contributed by atoms with Gasteiger partial charge in [-0.2, -0.15) is 0 Å². The van der Waals surface area contributed by atoms with Gasteiger partial charge in [-0.25, -0.2) is 0 Å². The normalized spacial score (nSPS) is 35.9. The average molecular weight is 613 g/mol. The van der Waals surface area contributed by atoms with Gasteiger partial charge in [0.25, 0.3) is 0 Å². The van der Waals surface area contributed by atoms with E-state index in [0.717, 1.165) is 31.4 Å². The van der Waals surface area contributed by atoms with Gasteiger partial charge in [-0.05, 0) is 126 Å². The Morgan fingerprint density at radius 3 is 2.62 bits per heavy atom. The van der Waals surface area contributed by atoms with Gasteiger partial charge >= 0.3 is 0 Å². The maximum absolute atomic E-state index is 6.77. The first kappa shape index (κ1) is 28.0. The lowest BCUT2D eigenvalue weighted by atomic mass is 9.57. The van der Waals surface area contributed by atoms with E-state index < -0.39 is 0 Å². The molecule has 1 nitrogen and oxygen atoms in total. The summed E-state index contributed by atoms with van der Waals surface area (Å²) >= 11 is 0. The highest BCUT2D eigenvalue weighted by atomic mass is 16.5. The minimum Gasteiger partial charge on any atom is -0.485 e. The topological polar surface area (TPSA) is 9.23 Å². The monoisotopic (exact) mass is 612 g/mol. The van der Waals surface area contributed by atoms with Crippen LogP contribution >= 0.6 is 0 Å². The van der Waals surface area contributed by atoms with E-state index in [-0.39, 0.29) is 6.10 Å². The lowest BCUT2D eigenvalue weighted by Gasteiger charge is -2.46. The molecule has 1 aliphatic heterocycles. The molecule has 0 spiro atoms. The Labute approximate surface area is 280 Å². The van der Waals surface area contributed by atoms with E-state index in [9.17, 15) is 0 Å². The molecule has 9 aliphatic carbocycles. The quantitative estimate of drug-likeness (QED) is 0.308. The SMILES string of the molecule is C1=CCC(C2=C3CCC=CC3=C(C3C4=C(C=C5C=CCCC53)OC3C=CC=CC43)C3=CCCCC32)C(C2=CCC3C=CC=CC3=C2)=C1. The number of allylic oxidation sites excluding steroid dienone is 26. The molecule has 7 atom stereocenters. The van der Waals surface area contributed by atoms with Gasteiger partial charge in [0, 0.05) is 29.6 Å². The van der Waals surface area contributed by atoms with Crippen molar-refractivity contribution in [2.75, 3.05) is 0 Å². The minimum absolute atomic E-state index is 0.125. The summed E-state index contributed by atoms with van der Waals surface area (Å²) in [5, 5.41) is 0. The molecule has 0 aromatic heterocycles. The fourth-order valence-corrected chi connectivity index (χ4v) is 10.6. The van der Waals surface area contributed by atoms with Gasteiger partial charge in [-0.15, -0.1) is 0 Å². The predicted molar refractivity (Wildman–Crippen MR) is 193 cm³/mol. The first-order valence-electron chi connectivity index (χ1n) is 18.5. The number of ether oxygens (including phenoxy) is 1. The van der Waals surface area contributed by atoms with Crippen molar-refractivity contribution in [2.24, 2.45) is 35.5 Å². The minimum atomic E-state index is 0.125. The van der Waals surface area contributed by atoms with Crippen LogP contribution in [0.25, 0.3) is 0 Å². The summed E-state index contributed by atoms with van der Waals surface area (Å²) in [4.78, 5) is 0. The summed E-state index contributed by atoms with van der Waals surface area (Å²) in [6.45, 7) is 0. The third-order valence-corrected chi connectivity index (χ3v) is 12.6. The van der Waals surface area contributed by atoms with Crippen LogP contribution in [0.1, 0.15) is 57.8 Å². The van der Waals surface area contributed by atoms with Crippen molar-refractivity contribution in [1.82, 2.24) is 0 Å². The summed E-state index contributed by atoms with van der Waals surface area (Å²) in [6, 6.07) is 0. The Morgan fingerprint density at radius 1 is 0.681 bits per heavy atom. The van der Waals surface area contributed by atoms with E-state index in [4.69, 9.17) is 4.74 Å². The Kier molecular flexibility index (Phi) is 6.70. The van der Waals surface area contributed by atoms with Crippen LogP contribution < -0.4 is 0 Å². The van der Waals surface area contributed by atoms with Crippen molar-refractivity contribution in [3.63, 3.8) is 0 Å². The molecule has 7 unspecified atom stereocenters. The fourth-order valence-electron chi connectivity index (χ4n) is 10.6. The second kappa shape index (κ2) is 11.3. The van der Waals surface area contributed by atoms with Gasteiger partial charge < -0.3 is 4.74 Å². The van der Waals surface area contributed by atoms with Gasteiger partial charge in [-0.3, -0.25) is 0 Å². The third kappa shape index (κ3) is 4.42. The van der Waals surface area contributed by atoms with Crippen LogP contribution in [0.2, 0.25) is 0 Å². The molecule has 0 amide bonds. The molecule has 0 saturated carbocycles. The molecular weight excluding hydrogens is 569 g/mol. The van der Waals surface area contributed by atoms with Gasteiger partial charge in [0.05, 0.1) is 0 Å². The zero-order chi connectivity index (χ0) is 30.9. The van der Waals surface area contributed by atoms with E-state index >= 15 is 0 Å². The summed E-state index contributed by atoms with van der Waals surface area (Å²) in [5.74, 6) is 3.85. The first-order valence-corrected chi connectivity index (χ1v) is 18.5. The molecule has 0 bridgehead atoms. The smallest absolute Gasteiger partial charge is 0.127 e. The standard InChI is InChI=1S/C46H44O/c1-2-14-30-27-32(26-25-29(30)13-1)33-16-5-6-18-35(33)43-36-19-7-9-21-38(36)44(39-22-10-8-20-37(39)43)46-34-17-4-3-15-31(34)28-42-45(46)40-23-11-12-24-41(40)47-42/h1-3,5-6,9,11-16,21-24,26-29,34-35,37,40-41,46H,4,7-8,10,17-20,25H2. The van der Waals surface area contributed by atoms with Gasteiger partial charge in [0.15, 0.2) is 0 Å². The first-order chi connectivity index (χ1) is 23.3. The molecule has 47 heavy (non-hydrogen) atoms. The van der Waals surface area contributed by atoms with Crippen LogP contribution in [0.3, 0.4) is 0 Å². The summed E-state index contributed by atoms with van der Waals surface area (Å²) in [5.41, 5.74) is 15.8. The third-order valence-electron chi connectivity index (χ3n) is 12.6. The lowest BCUT2D eigenvalue weighted by Crippen LogP contribution is -2.35. The maximum atomic E-state index is 6.77. The Bertz CT molecular complexity index is 1900. The van der Waals surface area contributed by atoms with Crippen LogP contribution in [0.5, 0.6) is 0 Å². The number of fused-ring (bicyclic) bond motifs is 6. The number of hydrogen-bond donors (Lipinski definition) is 0. The van der Waals surface area contributed by atoms with Gasteiger partial charge in [0.2, 0.25) is 0 Å². The van der Waals surface area contributed by atoms with Crippen molar-refractivity contribution in [3.05, 3.63) is 177 Å². The van der Waals surface area contributed by atoms with Crippen molar-refractivity contribution in [1.29, 1.82) is 0 Å². The van der Waals surface area contributed by atoms with E-state index in [2.05, 4.69) is 115 Å². The van der Waals surface area contributed by atoms with Crippen molar-refractivity contribution in [2.45, 2.75) is 63.9 Å². The highest BCUT2D eigenvalue weighted by Crippen LogP contribution is 2.60. The molecule has 0 fully saturated rings. The molecule has 0 N–H and O–H groups in total. The van der Waals surface area contributed by atoms with E-state index in [0.29, 0.717) is 35.5 Å². The fraction of sp³-hybridized carbons (Fsp3) is 0.348. The summed E-state index contributed by atoms with van der Waals surface area (Å²) in [6.07, 6.45) is 56.2. The molecular formula is C46H44O. The molecule has 0 radical (unpaired) electrons. The Hall–Kier alpha value is -4.10. The number of rotatable bonds is 3. The van der Waals surface area contributed by atoms with E-state index in [1.165, 1.54) is 48.8 Å². The number of hydrogen-bond acceptors (Lipinski definition) is 1. The molecule has 10 aliphatic rings. The molecule has 0 saturated heterocycles. The Morgan fingerprint density at radius 2 is 1.62 bits per heavy atom. The average Bonchev–Trinajstić information content (AvgIpc) is 3.51. The molecule has 234 valence electrons. The van der Waals surface area contributed by atoms with Crippen molar-refractivity contribution >= 4 is 0 Å². The van der Waals surface area contributed by atoms with Gasteiger partial charge in [-0.1, -0.05) is 109 Å².